The van der Waals surface area contributed by atoms with Crippen molar-refractivity contribution in [1.82, 2.24) is 4.31 Å². The van der Waals surface area contributed by atoms with Gasteiger partial charge in [0, 0.05) is 6.54 Å². The van der Waals surface area contributed by atoms with E-state index in [1.165, 1.54) is 0 Å². The highest BCUT2D eigenvalue weighted by Crippen LogP contribution is 2.36. The first kappa shape index (κ1) is 17.3. The number of hydrogen-bond donors (Lipinski definition) is 0. The van der Waals surface area contributed by atoms with Gasteiger partial charge in [0.05, 0.1) is 4.90 Å². The molecule has 1 saturated heterocycles. The minimum absolute atomic E-state index is 0.00856. The first-order valence-corrected chi connectivity index (χ1v) is 8.65. The van der Waals surface area contributed by atoms with Crippen LogP contribution in [0.4, 0.5) is 13.2 Å². The summed E-state index contributed by atoms with van der Waals surface area (Å²) in [7, 11) is -4.16. The lowest BCUT2D eigenvalue weighted by atomic mass is 10.0. The van der Waals surface area contributed by atoms with Gasteiger partial charge in [0.25, 0.3) is 0 Å². The number of halogens is 3. The van der Waals surface area contributed by atoms with Crippen molar-refractivity contribution in [2.24, 2.45) is 0 Å². The summed E-state index contributed by atoms with van der Waals surface area (Å²) in [5.74, 6) is 0. The summed E-state index contributed by atoms with van der Waals surface area (Å²) in [4.78, 5) is 0.00856. The van der Waals surface area contributed by atoms with Gasteiger partial charge in [0.1, 0.15) is 6.04 Å². The fourth-order valence-corrected chi connectivity index (χ4v) is 5.31. The smallest absolute Gasteiger partial charge is 0.207 e. The Bertz CT molecular complexity index is 645. The molecule has 0 aromatic heterocycles. The van der Waals surface area contributed by atoms with E-state index in [4.69, 9.17) is 0 Å². The Morgan fingerprint density at radius 2 is 1.64 bits per heavy atom. The van der Waals surface area contributed by atoms with Crippen LogP contribution in [-0.4, -0.2) is 31.5 Å². The SMILES string of the molecule is Cc1cc(C)c(S(=O)(=O)N2CCCCC2C(F)(F)F)c(C)c1. The molecule has 3 nitrogen and oxygen atoms in total. The summed E-state index contributed by atoms with van der Waals surface area (Å²) < 4.78 is 65.9. The van der Waals surface area contributed by atoms with Crippen molar-refractivity contribution in [3.63, 3.8) is 0 Å². The van der Waals surface area contributed by atoms with Crippen LogP contribution in [0.2, 0.25) is 0 Å². The molecule has 22 heavy (non-hydrogen) atoms. The standard InChI is InChI=1S/C15H20F3NO2S/c1-10-8-11(2)14(12(3)9-10)22(20,21)19-7-5-4-6-13(19)15(16,17)18/h8-9,13H,4-7H2,1-3H3. The maximum Gasteiger partial charge on any atom is 0.405 e. The average Bonchev–Trinajstić information content (AvgIpc) is 2.36. The van der Waals surface area contributed by atoms with E-state index in [2.05, 4.69) is 0 Å². The number of rotatable bonds is 2. The Hall–Kier alpha value is -1.08. The lowest BCUT2D eigenvalue weighted by Crippen LogP contribution is -2.51. The van der Waals surface area contributed by atoms with Gasteiger partial charge in [-0.25, -0.2) is 8.42 Å². The van der Waals surface area contributed by atoms with E-state index < -0.39 is 22.2 Å². The monoisotopic (exact) mass is 335 g/mol. The number of piperidine rings is 1. The van der Waals surface area contributed by atoms with Crippen molar-refractivity contribution in [2.75, 3.05) is 6.54 Å². The third kappa shape index (κ3) is 3.15. The molecule has 1 atom stereocenters. The first-order valence-electron chi connectivity index (χ1n) is 7.21. The van der Waals surface area contributed by atoms with E-state index >= 15 is 0 Å². The van der Waals surface area contributed by atoms with Gasteiger partial charge in [-0.05, 0) is 44.7 Å². The van der Waals surface area contributed by atoms with E-state index in [0.29, 0.717) is 28.3 Å². The maximum atomic E-state index is 13.2. The van der Waals surface area contributed by atoms with Gasteiger partial charge in [-0.15, -0.1) is 0 Å². The Kier molecular flexibility index (Phi) is 4.59. The third-order valence-electron chi connectivity index (χ3n) is 4.00. The van der Waals surface area contributed by atoms with Crippen LogP contribution in [0.25, 0.3) is 0 Å². The van der Waals surface area contributed by atoms with Crippen LogP contribution in [0.5, 0.6) is 0 Å². The summed E-state index contributed by atoms with van der Waals surface area (Å²) in [6.45, 7) is 4.99. The lowest BCUT2D eigenvalue weighted by Gasteiger charge is -2.36. The summed E-state index contributed by atoms with van der Waals surface area (Å²) in [5, 5.41) is 0. The second-order valence-electron chi connectivity index (χ2n) is 5.90. The minimum atomic E-state index is -4.54. The molecule has 1 aromatic carbocycles. The molecule has 1 aliphatic rings. The second-order valence-corrected chi connectivity index (χ2v) is 7.72. The van der Waals surface area contributed by atoms with Crippen LogP contribution in [0, 0.1) is 20.8 Å². The van der Waals surface area contributed by atoms with Gasteiger partial charge in [0.15, 0.2) is 0 Å². The number of alkyl halides is 3. The van der Waals surface area contributed by atoms with Crippen molar-refractivity contribution in [1.29, 1.82) is 0 Å². The van der Waals surface area contributed by atoms with Crippen LogP contribution in [0.3, 0.4) is 0 Å². The van der Waals surface area contributed by atoms with Gasteiger partial charge in [-0.3, -0.25) is 0 Å². The number of nitrogens with zero attached hydrogens (tertiary/aromatic N) is 1. The fourth-order valence-electron chi connectivity index (χ4n) is 3.21. The molecule has 7 heteroatoms. The second kappa shape index (κ2) is 5.85. The summed E-state index contributed by atoms with van der Waals surface area (Å²) in [5.41, 5.74) is 1.87. The molecule has 0 N–H and O–H groups in total. The topological polar surface area (TPSA) is 37.4 Å². The normalized spacial score (nSPS) is 21.1. The summed E-state index contributed by atoms with van der Waals surface area (Å²) >= 11 is 0. The van der Waals surface area contributed by atoms with Gasteiger partial charge in [-0.1, -0.05) is 24.1 Å². The molecule has 1 unspecified atom stereocenters. The third-order valence-corrected chi connectivity index (χ3v) is 6.22. The van der Waals surface area contributed by atoms with Crippen molar-refractivity contribution in [2.45, 2.75) is 57.1 Å². The van der Waals surface area contributed by atoms with Crippen molar-refractivity contribution in [3.05, 3.63) is 28.8 Å². The van der Waals surface area contributed by atoms with Gasteiger partial charge >= 0.3 is 6.18 Å². The molecule has 1 fully saturated rings. The Labute approximate surface area is 129 Å². The zero-order valence-corrected chi connectivity index (χ0v) is 13.7. The van der Waals surface area contributed by atoms with Gasteiger partial charge in [-0.2, -0.15) is 17.5 Å². The largest absolute Gasteiger partial charge is 0.405 e. The van der Waals surface area contributed by atoms with Crippen molar-refractivity contribution in [3.8, 4) is 0 Å². The number of sulfonamides is 1. The van der Waals surface area contributed by atoms with Crippen molar-refractivity contribution < 1.29 is 21.6 Å². The van der Waals surface area contributed by atoms with E-state index in [9.17, 15) is 21.6 Å². The zero-order chi connectivity index (χ0) is 16.7. The molecule has 0 radical (unpaired) electrons. The highest BCUT2D eigenvalue weighted by molar-refractivity contribution is 7.89. The molecule has 1 heterocycles. The fraction of sp³-hybridized carbons (Fsp3) is 0.600. The molecule has 2 rings (SSSR count). The van der Waals surface area contributed by atoms with Crippen molar-refractivity contribution >= 4 is 10.0 Å². The molecule has 1 aliphatic heterocycles. The highest BCUT2D eigenvalue weighted by atomic mass is 32.2. The maximum absolute atomic E-state index is 13.2. The van der Waals surface area contributed by atoms with E-state index in [-0.39, 0.29) is 17.9 Å². The quantitative estimate of drug-likeness (QED) is 0.826. The predicted molar refractivity (Wildman–Crippen MR) is 78.2 cm³/mol. The van der Waals surface area contributed by atoms with Crippen LogP contribution in [0.1, 0.15) is 36.0 Å². The molecule has 0 amide bonds. The summed E-state index contributed by atoms with van der Waals surface area (Å²) in [6.07, 6.45) is -3.87. The summed E-state index contributed by atoms with van der Waals surface area (Å²) in [6, 6.07) is 1.45. The molecule has 1 aromatic rings. The lowest BCUT2D eigenvalue weighted by molar-refractivity contribution is -0.177. The molecular weight excluding hydrogens is 315 g/mol. The predicted octanol–water partition coefficient (Wildman–Crippen LogP) is 3.72. The first-order chi connectivity index (χ1) is 10.0. The Morgan fingerprint density at radius 3 is 2.14 bits per heavy atom. The molecule has 0 aliphatic carbocycles. The van der Waals surface area contributed by atoms with Crippen LogP contribution in [-0.2, 0) is 10.0 Å². The van der Waals surface area contributed by atoms with Crippen LogP contribution >= 0.6 is 0 Å². The zero-order valence-electron chi connectivity index (χ0n) is 12.9. The molecule has 124 valence electrons. The molecule has 0 bridgehead atoms. The van der Waals surface area contributed by atoms with E-state index in [0.717, 1.165) is 5.56 Å². The Morgan fingerprint density at radius 1 is 1.09 bits per heavy atom. The number of benzene rings is 1. The van der Waals surface area contributed by atoms with Gasteiger partial charge < -0.3 is 0 Å². The number of aryl methyl sites for hydroxylation is 3. The van der Waals surface area contributed by atoms with Gasteiger partial charge in [0.2, 0.25) is 10.0 Å². The number of hydrogen-bond acceptors (Lipinski definition) is 2. The van der Waals surface area contributed by atoms with Crippen LogP contribution < -0.4 is 0 Å². The van der Waals surface area contributed by atoms with Crippen LogP contribution in [0.15, 0.2) is 17.0 Å². The van der Waals surface area contributed by atoms with E-state index in [1.807, 2.05) is 6.92 Å². The Balaban J connectivity index is 2.54. The molecular formula is C15H20F3NO2S. The highest BCUT2D eigenvalue weighted by Gasteiger charge is 2.49. The average molecular weight is 335 g/mol. The minimum Gasteiger partial charge on any atom is -0.207 e. The van der Waals surface area contributed by atoms with E-state index in [1.54, 1.807) is 26.0 Å². The molecule has 0 spiro atoms. The molecule has 0 saturated carbocycles.